The number of hydrogen-bond acceptors (Lipinski definition) is 3. The topological polar surface area (TPSA) is 32.5 Å². The average molecular weight is 235 g/mol. The van der Waals surface area contributed by atoms with Gasteiger partial charge in [-0.25, -0.2) is 0 Å². The third kappa shape index (κ3) is 3.05. The maximum Gasteiger partial charge on any atom is 0.0601 e. The Balaban J connectivity index is 3.00. The van der Waals surface area contributed by atoms with E-state index >= 15 is 0 Å². The van der Waals surface area contributed by atoms with Gasteiger partial charge in [0, 0.05) is 31.9 Å². The Kier molecular flexibility index (Phi) is 5.13. The molecule has 0 bridgehead atoms. The van der Waals surface area contributed by atoms with Crippen molar-refractivity contribution in [3.05, 3.63) is 18.2 Å². The second-order valence-corrected chi connectivity index (χ2v) is 4.09. The molecule has 3 nitrogen and oxygen atoms in total. The highest BCUT2D eigenvalue weighted by atomic mass is 15.1. The lowest BCUT2D eigenvalue weighted by atomic mass is 10.2. The van der Waals surface area contributed by atoms with Gasteiger partial charge in [0.05, 0.1) is 11.4 Å². The minimum atomic E-state index is 0.873. The fourth-order valence-corrected chi connectivity index (χ4v) is 2.18. The van der Waals surface area contributed by atoms with E-state index in [-0.39, 0.29) is 0 Å². The van der Waals surface area contributed by atoms with Crippen molar-refractivity contribution in [1.82, 2.24) is 0 Å². The summed E-state index contributed by atoms with van der Waals surface area (Å²) in [6, 6.07) is 6.38. The fraction of sp³-hybridized carbons (Fsp3) is 0.571. The highest BCUT2D eigenvalue weighted by Crippen LogP contribution is 2.28. The Morgan fingerprint density at radius 2 is 1.41 bits per heavy atom. The molecule has 0 radical (unpaired) electrons. The van der Waals surface area contributed by atoms with Gasteiger partial charge in [-0.2, -0.15) is 0 Å². The number of hydrogen-bond donors (Lipinski definition) is 1. The molecule has 0 saturated heterocycles. The Labute approximate surface area is 105 Å². The summed E-state index contributed by atoms with van der Waals surface area (Å²) in [5.41, 5.74) is 9.38. The molecule has 17 heavy (non-hydrogen) atoms. The maximum absolute atomic E-state index is 6.15. The molecule has 0 aromatic heterocycles. The number of nitrogens with zero attached hydrogens (tertiary/aromatic N) is 2. The lowest BCUT2D eigenvalue weighted by Crippen LogP contribution is -2.24. The van der Waals surface area contributed by atoms with Gasteiger partial charge in [-0.15, -0.1) is 0 Å². The predicted molar refractivity (Wildman–Crippen MR) is 78.0 cm³/mol. The monoisotopic (exact) mass is 235 g/mol. The highest BCUT2D eigenvalue weighted by molar-refractivity contribution is 5.73. The van der Waals surface area contributed by atoms with Crippen LogP contribution in [0.15, 0.2) is 18.2 Å². The van der Waals surface area contributed by atoms with Crippen LogP contribution in [0.5, 0.6) is 0 Å². The zero-order chi connectivity index (χ0) is 12.8. The van der Waals surface area contributed by atoms with Crippen molar-refractivity contribution in [1.29, 1.82) is 0 Å². The van der Waals surface area contributed by atoms with Crippen LogP contribution in [0.25, 0.3) is 0 Å². The van der Waals surface area contributed by atoms with Crippen molar-refractivity contribution >= 4 is 17.1 Å². The minimum Gasteiger partial charge on any atom is -0.397 e. The summed E-state index contributed by atoms with van der Waals surface area (Å²) in [6.07, 6.45) is 0. The van der Waals surface area contributed by atoms with Gasteiger partial charge < -0.3 is 15.5 Å². The summed E-state index contributed by atoms with van der Waals surface area (Å²) in [6.45, 7) is 12.6. The standard InChI is InChI=1S/C14H25N3/c1-5-16(6-2)12-9-10-14(13(15)11-12)17(7-3)8-4/h9-11H,5-8,15H2,1-4H3. The van der Waals surface area contributed by atoms with Crippen molar-refractivity contribution in [2.75, 3.05) is 41.7 Å². The molecule has 0 aliphatic rings. The molecule has 2 N–H and O–H groups in total. The average Bonchev–Trinajstić information content (AvgIpc) is 2.34. The van der Waals surface area contributed by atoms with Crippen LogP contribution < -0.4 is 15.5 Å². The van der Waals surface area contributed by atoms with E-state index < -0.39 is 0 Å². The summed E-state index contributed by atoms with van der Waals surface area (Å²) >= 11 is 0. The van der Waals surface area contributed by atoms with Gasteiger partial charge in [0.2, 0.25) is 0 Å². The van der Waals surface area contributed by atoms with Crippen LogP contribution in [-0.4, -0.2) is 26.2 Å². The molecule has 1 aromatic carbocycles. The maximum atomic E-state index is 6.15. The second-order valence-electron chi connectivity index (χ2n) is 4.09. The third-order valence-electron chi connectivity index (χ3n) is 3.24. The van der Waals surface area contributed by atoms with Crippen LogP contribution in [0.2, 0.25) is 0 Å². The Bertz CT molecular complexity index is 341. The minimum absolute atomic E-state index is 0.873. The Morgan fingerprint density at radius 3 is 1.82 bits per heavy atom. The van der Waals surface area contributed by atoms with Crippen molar-refractivity contribution < 1.29 is 0 Å². The number of rotatable bonds is 6. The second kappa shape index (κ2) is 6.38. The van der Waals surface area contributed by atoms with Crippen molar-refractivity contribution in [2.45, 2.75) is 27.7 Å². The normalized spacial score (nSPS) is 10.4. The zero-order valence-electron chi connectivity index (χ0n) is 11.5. The van der Waals surface area contributed by atoms with Crippen molar-refractivity contribution in [3.8, 4) is 0 Å². The van der Waals surface area contributed by atoms with Crippen LogP contribution in [0.1, 0.15) is 27.7 Å². The van der Waals surface area contributed by atoms with E-state index in [9.17, 15) is 0 Å². The molecule has 0 amide bonds. The SMILES string of the molecule is CCN(CC)c1ccc(N(CC)CC)c(N)c1. The molecule has 0 unspecified atom stereocenters. The molecule has 0 saturated carbocycles. The summed E-state index contributed by atoms with van der Waals surface area (Å²) < 4.78 is 0. The molecular formula is C14H25N3. The molecule has 0 aliphatic heterocycles. The summed E-state index contributed by atoms with van der Waals surface area (Å²) in [4.78, 5) is 4.59. The van der Waals surface area contributed by atoms with E-state index in [2.05, 4.69) is 55.7 Å². The summed E-state index contributed by atoms with van der Waals surface area (Å²) in [5, 5.41) is 0. The van der Waals surface area contributed by atoms with Gasteiger partial charge >= 0.3 is 0 Å². The number of anilines is 3. The van der Waals surface area contributed by atoms with Gasteiger partial charge in [-0.1, -0.05) is 0 Å². The zero-order valence-corrected chi connectivity index (χ0v) is 11.5. The van der Waals surface area contributed by atoms with E-state index in [1.54, 1.807) is 0 Å². The summed E-state index contributed by atoms with van der Waals surface area (Å²) in [7, 11) is 0. The van der Waals surface area contributed by atoms with Crippen LogP contribution in [0.4, 0.5) is 17.1 Å². The lowest BCUT2D eigenvalue weighted by molar-refractivity contribution is 0.858. The largest absolute Gasteiger partial charge is 0.397 e. The molecule has 1 aromatic rings. The summed E-state index contributed by atoms with van der Waals surface area (Å²) in [5.74, 6) is 0. The molecule has 0 aliphatic carbocycles. The Morgan fingerprint density at radius 1 is 0.882 bits per heavy atom. The van der Waals surface area contributed by atoms with E-state index in [4.69, 9.17) is 5.73 Å². The first-order valence-electron chi connectivity index (χ1n) is 6.57. The number of benzene rings is 1. The van der Waals surface area contributed by atoms with Gasteiger partial charge in [-0.05, 0) is 45.9 Å². The van der Waals surface area contributed by atoms with Gasteiger partial charge in [0.15, 0.2) is 0 Å². The van der Waals surface area contributed by atoms with E-state index in [0.29, 0.717) is 0 Å². The van der Waals surface area contributed by atoms with E-state index in [1.807, 2.05) is 0 Å². The first-order valence-corrected chi connectivity index (χ1v) is 6.57. The van der Waals surface area contributed by atoms with Gasteiger partial charge in [0.25, 0.3) is 0 Å². The van der Waals surface area contributed by atoms with Gasteiger partial charge in [0.1, 0.15) is 0 Å². The Hall–Kier alpha value is -1.38. The van der Waals surface area contributed by atoms with E-state index in [0.717, 1.165) is 37.6 Å². The van der Waals surface area contributed by atoms with Crippen LogP contribution in [-0.2, 0) is 0 Å². The fourth-order valence-electron chi connectivity index (χ4n) is 2.18. The van der Waals surface area contributed by atoms with Gasteiger partial charge in [-0.3, -0.25) is 0 Å². The molecule has 96 valence electrons. The molecular weight excluding hydrogens is 210 g/mol. The first kappa shape index (κ1) is 13.7. The molecule has 3 heteroatoms. The third-order valence-corrected chi connectivity index (χ3v) is 3.24. The van der Waals surface area contributed by atoms with Crippen LogP contribution >= 0.6 is 0 Å². The number of nitrogens with two attached hydrogens (primary N) is 1. The smallest absolute Gasteiger partial charge is 0.0601 e. The molecule has 0 fully saturated rings. The van der Waals surface area contributed by atoms with Crippen molar-refractivity contribution in [2.24, 2.45) is 0 Å². The molecule has 1 rings (SSSR count). The van der Waals surface area contributed by atoms with Crippen LogP contribution in [0.3, 0.4) is 0 Å². The quantitative estimate of drug-likeness (QED) is 0.769. The van der Waals surface area contributed by atoms with Crippen LogP contribution in [0, 0.1) is 0 Å². The first-order chi connectivity index (χ1) is 8.17. The predicted octanol–water partition coefficient (Wildman–Crippen LogP) is 2.96. The molecule has 0 heterocycles. The van der Waals surface area contributed by atoms with Crippen molar-refractivity contribution in [3.63, 3.8) is 0 Å². The molecule has 0 spiro atoms. The molecule has 0 atom stereocenters. The highest BCUT2D eigenvalue weighted by Gasteiger charge is 2.08. The lowest BCUT2D eigenvalue weighted by Gasteiger charge is -2.26. The van der Waals surface area contributed by atoms with E-state index in [1.165, 1.54) is 5.69 Å². The number of nitrogen functional groups attached to an aromatic ring is 1.